The molecule has 0 spiro atoms. The normalized spacial score (nSPS) is 20.1. The van der Waals surface area contributed by atoms with Gasteiger partial charge in [0, 0.05) is 56.7 Å². The molecule has 0 aliphatic carbocycles. The number of thiazole rings is 1. The van der Waals surface area contributed by atoms with Crippen LogP contribution >= 0.6 is 11.3 Å². The molecule has 4 rings (SSSR count). The highest BCUT2D eigenvalue weighted by Crippen LogP contribution is 2.22. The van der Waals surface area contributed by atoms with Gasteiger partial charge in [-0.25, -0.2) is 9.97 Å². The Kier molecular flexibility index (Phi) is 5.71. The summed E-state index contributed by atoms with van der Waals surface area (Å²) < 4.78 is 9.97. The van der Waals surface area contributed by atoms with Crippen LogP contribution in [0.2, 0.25) is 0 Å². The molecule has 0 N–H and O–H groups in total. The molecule has 0 radical (unpaired) electrons. The molecule has 0 bridgehead atoms. The Morgan fingerprint density at radius 2 is 2.07 bits per heavy atom. The van der Waals surface area contributed by atoms with E-state index in [1.165, 1.54) is 0 Å². The summed E-state index contributed by atoms with van der Waals surface area (Å²) in [6, 6.07) is 0. The van der Waals surface area contributed by atoms with Gasteiger partial charge in [-0.05, 0) is 27.8 Å². The first-order valence-electron chi connectivity index (χ1n) is 9.97. The third kappa shape index (κ3) is 4.22. The molecular formula is C20H28N6O2S. The van der Waals surface area contributed by atoms with E-state index in [4.69, 9.17) is 4.74 Å². The summed E-state index contributed by atoms with van der Waals surface area (Å²) in [5, 5.41) is 2.01. The van der Waals surface area contributed by atoms with Crippen LogP contribution in [0.15, 0.2) is 24.0 Å². The topological polar surface area (TPSA) is 67.9 Å². The number of nitrogens with zero attached hydrogens (tertiary/aromatic N) is 6. The Labute approximate surface area is 174 Å². The van der Waals surface area contributed by atoms with Gasteiger partial charge in [0.15, 0.2) is 10.7 Å². The van der Waals surface area contributed by atoms with Gasteiger partial charge in [0.25, 0.3) is 5.91 Å². The van der Waals surface area contributed by atoms with Gasteiger partial charge in [-0.3, -0.25) is 14.1 Å². The standard InChI is InChI=1S/C20H28N6O2S/c1-14-11-25(12-15(2)28-14)19(27)18-17(26-9-10-29-20(26)22-18)13-23(4)7-8-24-6-5-21-16(24)3/h5-6,9-10,14-15H,7-8,11-13H2,1-4H3/t14-,15+. The Morgan fingerprint density at radius 3 is 2.76 bits per heavy atom. The van der Waals surface area contributed by atoms with E-state index in [-0.39, 0.29) is 18.1 Å². The maximum Gasteiger partial charge on any atom is 0.274 e. The largest absolute Gasteiger partial charge is 0.372 e. The number of aromatic nitrogens is 4. The minimum atomic E-state index is -0.00301. The maximum atomic E-state index is 13.3. The fraction of sp³-hybridized carbons (Fsp3) is 0.550. The first kappa shape index (κ1) is 20.1. The first-order chi connectivity index (χ1) is 13.9. The van der Waals surface area contributed by atoms with E-state index in [0.717, 1.165) is 29.6 Å². The van der Waals surface area contributed by atoms with E-state index in [2.05, 4.69) is 26.5 Å². The van der Waals surface area contributed by atoms with E-state index in [1.54, 1.807) is 11.3 Å². The number of likely N-dealkylation sites (N-methyl/N-ethyl adjacent to an activating group) is 1. The minimum absolute atomic E-state index is 0.00301. The lowest BCUT2D eigenvalue weighted by Gasteiger charge is -2.35. The zero-order valence-corrected chi connectivity index (χ0v) is 18.2. The van der Waals surface area contributed by atoms with Crippen LogP contribution in [0, 0.1) is 6.92 Å². The average Bonchev–Trinajstić information content (AvgIpc) is 3.36. The van der Waals surface area contributed by atoms with Crippen molar-refractivity contribution in [2.24, 2.45) is 0 Å². The van der Waals surface area contributed by atoms with Crippen LogP contribution < -0.4 is 0 Å². The van der Waals surface area contributed by atoms with Crippen LogP contribution in [0.3, 0.4) is 0 Å². The third-order valence-corrected chi connectivity index (χ3v) is 6.09. The Hall–Kier alpha value is -2.23. The number of imidazole rings is 2. The number of ether oxygens (including phenoxy) is 1. The molecule has 1 aliphatic rings. The monoisotopic (exact) mass is 416 g/mol. The summed E-state index contributed by atoms with van der Waals surface area (Å²) in [7, 11) is 2.07. The molecule has 3 aromatic heterocycles. The fourth-order valence-electron chi connectivity index (χ4n) is 3.90. The van der Waals surface area contributed by atoms with Gasteiger partial charge >= 0.3 is 0 Å². The van der Waals surface area contributed by atoms with Gasteiger partial charge < -0.3 is 14.2 Å². The third-order valence-electron chi connectivity index (χ3n) is 5.34. The Balaban J connectivity index is 1.53. The predicted molar refractivity (Wildman–Crippen MR) is 112 cm³/mol. The van der Waals surface area contributed by atoms with Gasteiger partial charge in [0.1, 0.15) is 5.82 Å². The number of rotatable bonds is 6. The number of aryl methyl sites for hydroxylation is 1. The molecule has 1 fully saturated rings. The molecular weight excluding hydrogens is 388 g/mol. The highest BCUT2D eigenvalue weighted by molar-refractivity contribution is 7.15. The lowest BCUT2D eigenvalue weighted by Crippen LogP contribution is -2.48. The first-order valence-corrected chi connectivity index (χ1v) is 10.9. The zero-order valence-electron chi connectivity index (χ0n) is 17.4. The van der Waals surface area contributed by atoms with Crippen LogP contribution in [0.5, 0.6) is 0 Å². The molecule has 1 aliphatic heterocycles. The van der Waals surface area contributed by atoms with E-state index >= 15 is 0 Å². The molecule has 0 aromatic carbocycles. The SMILES string of the molecule is Cc1nccn1CCN(C)Cc1c(C(=O)N2C[C@@H](C)O[C@@H](C)C2)nc2sccn12. The summed E-state index contributed by atoms with van der Waals surface area (Å²) in [6.07, 6.45) is 5.89. The van der Waals surface area contributed by atoms with E-state index in [0.29, 0.717) is 25.3 Å². The number of fused-ring (bicyclic) bond motifs is 1. The lowest BCUT2D eigenvalue weighted by molar-refractivity contribution is -0.0587. The fourth-order valence-corrected chi connectivity index (χ4v) is 4.63. The molecule has 1 amide bonds. The van der Waals surface area contributed by atoms with E-state index in [9.17, 15) is 4.79 Å². The van der Waals surface area contributed by atoms with Crippen molar-refractivity contribution in [1.82, 2.24) is 28.7 Å². The van der Waals surface area contributed by atoms with Gasteiger partial charge in [-0.15, -0.1) is 11.3 Å². The van der Waals surface area contributed by atoms with Crippen molar-refractivity contribution >= 4 is 22.2 Å². The summed E-state index contributed by atoms with van der Waals surface area (Å²) in [5.41, 5.74) is 1.51. The maximum absolute atomic E-state index is 13.3. The molecule has 156 valence electrons. The molecule has 0 unspecified atom stereocenters. The number of morpholine rings is 1. The van der Waals surface area contributed by atoms with Crippen LogP contribution in [-0.4, -0.2) is 73.5 Å². The summed E-state index contributed by atoms with van der Waals surface area (Å²) >= 11 is 1.55. The van der Waals surface area contributed by atoms with E-state index in [1.807, 2.05) is 54.0 Å². The van der Waals surface area contributed by atoms with Crippen molar-refractivity contribution < 1.29 is 9.53 Å². The second-order valence-electron chi connectivity index (χ2n) is 7.84. The van der Waals surface area contributed by atoms with Crippen molar-refractivity contribution in [3.05, 3.63) is 41.2 Å². The van der Waals surface area contributed by atoms with Crippen molar-refractivity contribution in [3.8, 4) is 0 Å². The highest BCUT2D eigenvalue weighted by Gasteiger charge is 2.30. The minimum Gasteiger partial charge on any atom is -0.372 e. The van der Waals surface area contributed by atoms with Crippen LogP contribution in [0.25, 0.3) is 4.96 Å². The molecule has 9 heteroatoms. The van der Waals surface area contributed by atoms with Crippen molar-refractivity contribution in [2.75, 3.05) is 26.7 Å². The van der Waals surface area contributed by atoms with Crippen LogP contribution in [-0.2, 0) is 17.8 Å². The molecule has 0 saturated carbocycles. The second kappa shape index (κ2) is 8.25. The predicted octanol–water partition coefficient (Wildman–Crippen LogP) is 2.28. The van der Waals surface area contributed by atoms with Gasteiger partial charge in [-0.2, -0.15) is 0 Å². The van der Waals surface area contributed by atoms with Crippen molar-refractivity contribution in [3.63, 3.8) is 0 Å². The van der Waals surface area contributed by atoms with Gasteiger partial charge in [0.05, 0.1) is 17.9 Å². The molecule has 1 saturated heterocycles. The number of amides is 1. The van der Waals surface area contributed by atoms with Crippen LogP contribution in [0.4, 0.5) is 0 Å². The van der Waals surface area contributed by atoms with Crippen molar-refractivity contribution in [2.45, 2.75) is 46.1 Å². The molecule has 8 nitrogen and oxygen atoms in total. The summed E-state index contributed by atoms with van der Waals surface area (Å²) in [5.74, 6) is 1.01. The van der Waals surface area contributed by atoms with Crippen molar-refractivity contribution in [1.29, 1.82) is 0 Å². The zero-order chi connectivity index (χ0) is 20.5. The average molecular weight is 417 g/mol. The number of carbonyl (C=O) groups is 1. The Morgan fingerprint density at radius 1 is 1.31 bits per heavy atom. The van der Waals surface area contributed by atoms with Crippen LogP contribution in [0.1, 0.15) is 35.9 Å². The lowest BCUT2D eigenvalue weighted by atomic mass is 10.2. The van der Waals surface area contributed by atoms with E-state index < -0.39 is 0 Å². The smallest absolute Gasteiger partial charge is 0.274 e. The highest BCUT2D eigenvalue weighted by atomic mass is 32.1. The summed E-state index contributed by atoms with van der Waals surface area (Å²) in [6.45, 7) is 9.59. The Bertz CT molecular complexity index is 982. The molecule has 2 atom stereocenters. The second-order valence-corrected chi connectivity index (χ2v) is 8.71. The van der Waals surface area contributed by atoms with Gasteiger partial charge in [0.2, 0.25) is 0 Å². The number of hydrogen-bond acceptors (Lipinski definition) is 6. The molecule has 3 aromatic rings. The molecule has 29 heavy (non-hydrogen) atoms. The number of carbonyl (C=O) groups excluding carboxylic acids is 1. The van der Waals surface area contributed by atoms with Gasteiger partial charge in [-0.1, -0.05) is 0 Å². The number of hydrogen-bond donors (Lipinski definition) is 0. The molecule has 4 heterocycles. The summed E-state index contributed by atoms with van der Waals surface area (Å²) in [4.78, 5) is 27.2. The quantitative estimate of drug-likeness (QED) is 0.617.